The number of aromatic nitrogens is 1. The standard InChI is InChI=1S/C18H15F4N3OS/c19-10-17(18(21,22)7-6-15(27)25-17)12-9-11(4-5-13(12)20)24-16(26)14-3-1-2-8-23-14/h1-5,8-9H,6-7,10H2,(H,24,26)(H,25,27). The van der Waals surface area contributed by atoms with E-state index < -0.39 is 41.8 Å². The van der Waals surface area contributed by atoms with Crippen molar-refractivity contribution in [1.29, 1.82) is 0 Å². The smallest absolute Gasteiger partial charge is 0.277 e. The minimum absolute atomic E-state index is 0.0286. The Morgan fingerprint density at radius 1 is 1.30 bits per heavy atom. The summed E-state index contributed by atoms with van der Waals surface area (Å²) < 4.78 is 57.5. The Hall–Kier alpha value is -2.55. The first kappa shape index (κ1) is 19.2. The Kier molecular flexibility index (Phi) is 5.14. The van der Waals surface area contributed by atoms with E-state index in [1.54, 1.807) is 12.1 Å². The molecule has 3 rings (SSSR count). The summed E-state index contributed by atoms with van der Waals surface area (Å²) in [4.78, 5) is 16.1. The first-order chi connectivity index (χ1) is 12.8. The average Bonchev–Trinajstić information content (AvgIpc) is 2.66. The van der Waals surface area contributed by atoms with Gasteiger partial charge in [0, 0.05) is 30.3 Å². The van der Waals surface area contributed by atoms with Crippen LogP contribution in [0.1, 0.15) is 28.9 Å². The van der Waals surface area contributed by atoms with Crippen molar-refractivity contribution in [1.82, 2.24) is 10.3 Å². The van der Waals surface area contributed by atoms with E-state index in [-0.39, 0.29) is 22.8 Å². The summed E-state index contributed by atoms with van der Waals surface area (Å²) in [5.74, 6) is -5.21. The van der Waals surface area contributed by atoms with Crippen LogP contribution in [0.4, 0.5) is 23.2 Å². The molecule has 0 radical (unpaired) electrons. The molecule has 1 amide bonds. The van der Waals surface area contributed by atoms with Gasteiger partial charge in [-0.25, -0.2) is 17.6 Å². The molecular formula is C18H15F4N3OS. The summed E-state index contributed by atoms with van der Waals surface area (Å²) in [5, 5.41) is 4.73. The minimum Gasteiger partial charge on any atom is -0.363 e. The minimum atomic E-state index is -3.57. The van der Waals surface area contributed by atoms with E-state index in [4.69, 9.17) is 12.2 Å². The van der Waals surface area contributed by atoms with Gasteiger partial charge in [-0.05, 0) is 30.3 Å². The van der Waals surface area contributed by atoms with Gasteiger partial charge in [-0.3, -0.25) is 9.78 Å². The van der Waals surface area contributed by atoms with Gasteiger partial charge in [0.15, 0.2) is 5.54 Å². The Morgan fingerprint density at radius 2 is 2.07 bits per heavy atom. The molecule has 1 fully saturated rings. The lowest BCUT2D eigenvalue weighted by atomic mass is 9.79. The van der Waals surface area contributed by atoms with Crippen LogP contribution < -0.4 is 10.6 Å². The Bertz CT molecular complexity index is 878. The van der Waals surface area contributed by atoms with E-state index in [0.717, 1.165) is 12.1 Å². The number of halogens is 4. The van der Waals surface area contributed by atoms with Crippen molar-refractivity contribution in [3.63, 3.8) is 0 Å². The summed E-state index contributed by atoms with van der Waals surface area (Å²) >= 11 is 4.92. The van der Waals surface area contributed by atoms with E-state index in [2.05, 4.69) is 15.6 Å². The number of amides is 1. The van der Waals surface area contributed by atoms with Crippen LogP contribution in [-0.4, -0.2) is 28.5 Å². The molecule has 0 saturated carbocycles. The molecule has 27 heavy (non-hydrogen) atoms. The predicted molar refractivity (Wildman–Crippen MR) is 96.2 cm³/mol. The second-order valence-electron chi connectivity index (χ2n) is 6.16. The average molecular weight is 397 g/mol. The van der Waals surface area contributed by atoms with E-state index in [9.17, 15) is 22.4 Å². The van der Waals surface area contributed by atoms with Crippen LogP contribution in [0.25, 0.3) is 0 Å². The predicted octanol–water partition coefficient (Wildman–Crippen LogP) is 3.98. The molecule has 1 aromatic heterocycles. The van der Waals surface area contributed by atoms with E-state index in [1.807, 2.05) is 0 Å². The van der Waals surface area contributed by atoms with Crippen molar-refractivity contribution in [3.8, 4) is 0 Å². The fourth-order valence-electron chi connectivity index (χ4n) is 2.97. The molecule has 142 valence electrons. The topological polar surface area (TPSA) is 54.0 Å². The fraction of sp³-hybridized carbons (Fsp3) is 0.278. The number of benzene rings is 1. The van der Waals surface area contributed by atoms with Gasteiger partial charge in [-0.1, -0.05) is 18.3 Å². The Morgan fingerprint density at radius 3 is 2.74 bits per heavy atom. The van der Waals surface area contributed by atoms with Gasteiger partial charge in [0.2, 0.25) is 0 Å². The normalized spacial score (nSPS) is 21.4. The quantitative estimate of drug-likeness (QED) is 0.605. The maximum atomic E-state index is 14.6. The molecule has 0 spiro atoms. The molecule has 1 aliphatic heterocycles. The molecule has 1 saturated heterocycles. The van der Waals surface area contributed by atoms with E-state index >= 15 is 0 Å². The summed E-state index contributed by atoms with van der Waals surface area (Å²) in [5.41, 5.74) is -3.11. The zero-order chi connectivity index (χ0) is 19.7. The zero-order valence-electron chi connectivity index (χ0n) is 13.9. The first-order valence-electron chi connectivity index (χ1n) is 8.06. The number of carbonyl (C=O) groups is 1. The third kappa shape index (κ3) is 3.51. The highest BCUT2D eigenvalue weighted by atomic mass is 32.1. The lowest BCUT2D eigenvalue weighted by molar-refractivity contribution is -0.109. The van der Waals surface area contributed by atoms with Crippen LogP contribution in [0.2, 0.25) is 0 Å². The number of carbonyl (C=O) groups excluding carboxylic acids is 1. The van der Waals surface area contributed by atoms with Crippen molar-refractivity contribution in [3.05, 3.63) is 59.7 Å². The van der Waals surface area contributed by atoms with Crippen LogP contribution in [0.3, 0.4) is 0 Å². The molecule has 1 aromatic carbocycles. The highest BCUT2D eigenvalue weighted by Gasteiger charge is 2.58. The number of nitrogens with one attached hydrogen (secondary N) is 2. The number of nitrogens with zero attached hydrogens (tertiary/aromatic N) is 1. The van der Waals surface area contributed by atoms with Crippen molar-refractivity contribution < 1.29 is 22.4 Å². The van der Waals surface area contributed by atoms with Gasteiger partial charge in [-0.15, -0.1) is 0 Å². The van der Waals surface area contributed by atoms with Crippen LogP contribution in [0.5, 0.6) is 0 Å². The monoisotopic (exact) mass is 397 g/mol. The van der Waals surface area contributed by atoms with Crippen LogP contribution in [0.15, 0.2) is 42.6 Å². The summed E-state index contributed by atoms with van der Waals surface area (Å²) in [7, 11) is 0. The molecule has 1 aliphatic rings. The number of piperidine rings is 1. The first-order valence-corrected chi connectivity index (χ1v) is 8.47. The molecular weight excluding hydrogens is 382 g/mol. The molecule has 1 atom stereocenters. The van der Waals surface area contributed by atoms with Crippen LogP contribution in [-0.2, 0) is 5.54 Å². The Balaban J connectivity index is 1.99. The molecule has 4 nitrogen and oxygen atoms in total. The van der Waals surface area contributed by atoms with E-state index in [1.165, 1.54) is 18.3 Å². The fourth-order valence-corrected chi connectivity index (χ4v) is 3.24. The molecule has 2 heterocycles. The summed E-state index contributed by atoms with van der Waals surface area (Å²) in [6, 6.07) is 7.77. The molecule has 2 N–H and O–H groups in total. The number of anilines is 1. The van der Waals surface area contributed by atoms with Crippen molar-refractivity contribution >= 4 is 28.8 Å². The molecule has 9 heteroatoms. The van der Waals surface area contributed by atoms with Crippen LogP contribution in [0, 0.1) is 5.82 Å². The Labute approximate surface area is 158 Å². The highest BCUT2D eigenvalue weighted by molar-refractivity contribution is 7.80. The summed E-state index contributed by atoms with van der Waals surface area (Å²) in [6.07, 6.45) is 0.588. The molecule has 0 aliphatic carbocycles. The number of rotatable bonds is 4. The molecule has 2 aromatic rings. The van der Waals surface area contributed by atoms with Crippen molar-refractivity contribution in [2.75, 3.05) is 12.0 Å². The lowest BCUT2D eigenvalue weighted by Crippen LogP contribution is -2.62. The van der Waals surface area contributed by atoms with Crippen molar-refractivity contribution in [2.24, 2.45) is 0 Å². The maximum absolute atomic E-state index is 14.6. The molecule has 0 bridgehead atoms. The SMILES string of the molecule is O=C(Nc1ccc(F)c(C2(CF)NC(=S)CCC2(F)F)c1)c1ccccn1. The lowest BCUT2D eigenvalue weighted by Gasteiger charge is -2.44. The second-order valence-corrected chi connectivity index (χ2v) is 6.65. The third-order valence-electron chi connectivity index (χ3n) is 4.43. The number of hydrogen-bond donors (Lipinski definition) is 2. The van der Waals surface area contributed by atoms with Gasteiger partial charge in [0.25, 0.3) is 11.8 Å². The number of thiocarbonyl (C=S) groups is 1. The molecule has 1 unspecified atom stereocenters. The zero-order valence-corrected chi connectivity index (χ0v) is 14.8. The number of pyridine rings is 1. The summed E-state index contributed by atoms with van der Waals surface area (Å²) in [6.45, 7) is -1.57. The van der Waals surface area contributed by atoms with Gasteiger partial charge >= 0.3 is 0 Å². The third-order valence-corrected chi connectivity index (χ3v) is 4.73. The second kappa shape index (κ2) is 7.22. The van der Waals surface area contributed by atoms with E-state index in [0.29, 0.717) is 0 Å². The van der Waals surface area contributed by atoms with Crippen molar-refractivity contribution in [2.45, 2.75) is 24.3 Å². The number of alkyl halides is 3. The largest absolute Gasteiger partial charge is 0.363 e. The van der Waals surface area contributed by atoms with Gasteiger partial charge in [0.1, 0.15) is 18.2 Å². The van der Waals surface area contributed by atoms with Gasteiger partial charge in [0.05, 0.1) is 4.99 Å². The van der Waals surface area contributed by atoms with Crippen LogP contribution >= 0.6 is 12.2 Å². The number of hydrogen-bond acceptors (Lipinski definition) is 3. The highest BCUT2D eigenvalue weighted by Crippen LogP contribution is 2.45. The van der Waals surface area contributed by atoms with Gasteiger partial charge < -0.3 is 10.6 Å². The maximum Gasteiger partial charge on any atom is 0.277 e. The van der Waals surface area contributed by atoms with Gasteiger partial charge in [-0.2, -0.15) is 0 Å².